The lowest BCUT2D eigenvalue weighted by Crippen LogP contribution is -2.58. The monoisotopic (exact) mass is 471 g/mol. The Bertz CT molecular complexity index is 807. The minimum absolute atomic E-state index is 0.0624. The summed E-state index contributed by atoms with van der Waals surface area (Å²) < 4.78 is 5.51. The number of nitrogens with two attached hydrogens (primary N) is 1. The van der Waals surface area contributed by atoms with E-state index in [1.165, 1.54) is 11.1 Å². The second kappa shape index (κ2) is 12.1. The summed E-state index contributed by atoms with van der Waals surface area (Å²) in [5, 5.41) is 2.95. The van der Waals surface area contributed by atoms with Gasteiger partial charge in [0.25, 0.3) is 0 Å². The number of rotatable bonds is 10. The number of amides is 2. The van der Waals surface area contributed by atoms with Crippen LogP contribution in [-0.4, -0.2) is 97.6 Å². The van der Waals surface area contributed by atoms with Crippen molar-refractivity contribution in [2.24, 2.45) is 11.7 Å². The Morgan fingerprint density at radius 1 is 1.12 bits per heavy atom. The van der Waals surface area contributed by atoms with E-state index in [9.17, 15) is 9.59 Å². The van der Waals surface area contributed by atoms with Gasteiger partial charge in [0.15, 0.2) is 0 Å². The summed E-state index contributed by atoms with van der Waals surface area (Å²) in [7, 11) is 0. The molecule has 2 amide bonds. The fourth-order valence-electron chi connectivity index (χ4n) is 5.08. The highest BCUT2D eigenvalue weighted by atomic mass is 16.5. The number of carbonyl (C=O) groups excluding carboxylic acids is 2. The number of hydrogen-bond acceptors (Lipinski definition) is 6. The zero-order valence-electron chi connectivity index (χ0n) is 20.6. The van der Waals surface area contributed by atoms with E-state index in [0.717, 1.165) is 65.2 Å². The summed E-state index contributed by atoms with van der Waals surface area (Å²) in [6, 6.07) is 8.56. The Morgan fingerprint density at radius 3 is 2.53 bits per heavy atom. The number of likely N-dealkylation sites (tertiary alicyclic amines) is 1. The predicted octanol–water partition coefficient (Wildman–Crippen LogP) is 0.974. The highest BCUT2D eigenvalue weighted by Crippen LogP contribution is 2.34. The third-order valence-corrected chi connectivity index (χ3v) is 7.36. The molecule has 0 radical (unpaired) electrons. The molecule has 188 valence electrons. The van der Waals surface area contributed by atoms with Crippen LogP contribution in [0, 0.1) is 12.8 Å². The molecule has 8 heteroatoms. The smallest absolute Gasteiger partial charge is 0.242 e. The molecule has 2 aliphatic heterocycles. The standard InChI is InChI=1S/C26H41N5O3/c1-20-2-4-21(5-3-20)19-30(13-12-29-14-16-34-17-15-29)23-8-11-31(26(33)22-6-7-22)24(18-23)25(32)28-10-9-27/h2-5,22-24H,6-19,27H2,1H3,(H,28,32)/t23?,24-/m1/s1. The van der Waals surface area contributed by atoms with Crippen LogP contribution in [0.5, 0.6) is 0 Å². The van der Waals surface area contributed by atoms with Crippen molar-refractivity contribution < 1.29 is 14.3 Å². The molecule has 1 unspecified atom stereocenters. The average Bonchev–Trinajstić information content (AvgIpc) is 3.72. The van der Waals surface area contributed by atoms with Crippen molar-refractivity contribution in [2.75, 3.05) is 59.0 Å². The summed E-state index contributed by atoms with van der Waals surface area (Å²) in [4.78, 5) is 32.9. The minimum atomic E-state index is -0.415. The second-order valence-electron chi connectivity index (χ2n) is 9.99. The van der Waals surface area contributed by atoms with Gasteiger partial charge in [-0.1, -0.05) is 29.8 Å². The molecule has 0 aromatic heterocycles. The van der Waals surface area contributed by atoms with Crippen LogP contribution >= 0.6 is 0 Å². The molecule has 1 aliphatic carbocycles. The van der Waals surface area contributed by atoms with Gasteiger partial charge < -0.3 is 20.7 Å². The van der Waals surface area contributed by atoms with Crippen LogP contribution in [-0.2, 0) is 20.9 Å². The van der Waals surface area contributed by atoms with Gasteiger partial charge in [0, 0.05) is 64.3 Å². The molecule has 2 heterocycles. The lowest BCUT2D eigenvalue weighted by atomic mass is 9.93. The molecule has 1 aromatic rings. The van der Waals surface area contributed by atoms with Crippen LogP contribution < -0.4 is 11.1 Å². The number of benzene rings is 1. The highest BCUT2D eigenvalue weighted by Gasteiger charge is 2.42. The van der Waals surface area contributed by atoms with Crippen molar-refractivity contribution >= 4 is 11.8 Å². The Kier molecular flexibility index (Phi) is 8.94. The van der Waals surface area contributed by atoms with Gasteiger partial charge in [-0.3, -0.25) is 19.4 Å². The Morgan fingerprint density at radius 2 is 1.85 bits per heavy atom. The maximum absolute atomic E-state index is 13.1. The molecule has 34 heavy (non-hydrogen) atoms. The minimum Gasteiger partial charge on any atom is -0.379 e. The first-order chi connectivity index (χ1) is 16.5. The van der Waals surface area contributed by atoms with Crippen LogP contribution in [0.2, 0.25) is 0 Å². The van der Waals surface area contributed by atoms with Crippen molar-refractivity contribution in [3.8, 4) is 0 Å². The molecular weight excluding hydrogens is 430 g/mol. The van der Waals surface area contributed by atoms with E-state index in [4.69, 9.17) is 10.5 Å². The first kappa shape index (κ1) is 25.1. The summed E-state index contributed by atoms with van der Waals surface area (Å²) in [6.45, 7) is 9.89. The fraction of sp³-hybridized carbons (Fsp3) is 0.692. The number of nitrogens with one attached hydrogen (secondary N) is 1. The van der Waals surface area contributed by atoms with Gasteiger partial charge >= 0.3 is 0 Å². The van der Waals surface area contributed by atoms with Crippen molar-refractivity contribution in [2.45, 2.75) is 51.2 Å². The van der Waals surface area contributed by atoms with Gasteiger partial charge in [0.05, 0.1) is 13.2 Å². The first-order valence-corrected chi connectivity index (χ1v) is 12.9. The Hall–Kier alpha value is -2.00. The quantitative estimate of drug-likeness (QED) is 0.529. The molecule has 2 atom stereocenters. The number of piperidine rings is 1. The Labute approximate surface area is 203 Å². The first-order valence-electron chi connectivity index (χ1n) is 12.9. The van der Waals surface area contributed by atoms with Gasteiger partial charge in [-0.2, -0.15) is 0 Å². The van der Waals surface area contributed by atoms with Crippen molar-refractivity contribution in [1.29, 1.82) is 0 Å². The van der Waals surface area contributed by atoms with Gasteiger partial charge in [0.1, 0.15) is 6.04 Å². The topological polar surface area (TPSA) is 91.1 Å². The SMILES string of the molecule is Cc1ccc(CN(CCN2CCOCC2)C2CCN(C(=O)C3CC3)[C@@H](C(=O)NCCN)C2)cc1. The third-order valence-electron chi connectivity index (χ3n) is 7.36. The maximum atomic E-state index is 13.1. The van der Waals surface area contributed by atoms with E-state index in [-0.39, 0.29) is 23.8 Å². The van der Waals surface area contributed by atoms with Crippen molar-refractivity contribution in [1.82, 2.24) is 20.0 Å². The molecule has 2 saturated heterocycles. The number of nitrogens with zero attached hydrogens (tertiary/aromatic N) is 3. The van der Waals surface area contributed by atoms with Crippen LogP contribution in [0.25, 0.3) is 0 Å². The maximum Gasteiger partial charge on any atom is 0.242 e. The number of morpholine rings is 1. The van der Waals surface area contributed by atoms with Gasteiger partial charge in [0.2, 0.25) is 11.8 Å². The molecule has 1 saturated carbocycles. The van der Waals surface area contributed by atoms with Gasteiger partial charge in [-0.25, -0.2) is 0 Å². The van der Waals surface area contributed by atoms with E-state index in [0.29, 0.717) is 26.1 Å². The van der Waals surface area contributed by atoms with Crippen LogP contribution in [0.15, 0.2) is 24.3 Å². The van der Waals surface area contributed by atoms with E-state index in [1.807, 2.05) is 4.90 Å². The molecule has 3 fully saturated rings. The zero-order valence-corrected chi connectivity index (χ0v) is 20.6. The van der Waals surface area contributed by atoms with E-state index in [1.54, 1.807) is 0 Å². The van der Waals surface area contributed by atoms with Crippen LogP contribution in [0.3, 0.4) is 0 Å². The Balaban J connectivity index is 1.47. The van der Waals surface area contributed by atoms with Crippen molar-refractivity contribution in [3.63, 3.8) is 0 Å². The summed E-state index contributed by atoms with van der Waals surface area (Å²) in [5.41, 5.74) is 8.17. The second-order valence-corrected chi connectivity index (χ2v) is 9.99. The highest BCUT2D eigenvalue weighted by molar-refractivity contribution is 5.89. The molecule has 4 rings (SSSR count). The number of aryl methyl sites for hydroxylation is 1. The molecule has 3 N–H and O–H groups in total. The van der Waals surface area contributed by atoms with E-state index < -0.39 is 6.04 Å². The van der Waals surface area contributed by atoms with Gasteiger partial charge in [-0.15, -0.1) is 0 Å². The van der Waals surface area contributed by atoms with E-state index >= 15 is 0 Å². The zero-order chi connectivity index (χ0) is 23.9. The largest absolute Gasteiger partial charge is 0.379 e. The summed E-state index contributed by atoms with van der Waals surface area (Å²) in [5.74, 6) is 0.212. The van der Waals surface area contributed by atoms with E-state index in [2.05, 4.69) is 46.3 Å². The molecule has 0 bridgehead atoms. The fourth-order valence-corrected chi connectivity index (χ4v) is 5.08. The lowest BCUT2D eigenvalue weighted by Gasteiger charge is -2.43. The van der Waals surface area contributed by atoms with Crippen LogP contribution in [0.1, 0.15) is 36.8 Å². The predicted molar refractivity (Wildman–Crippen MR) is 132 cm³/mol. The summed E-state index contributed by atoms with van der Waals surface area (Å²) in [6.07, 6.45) is 3.47. The average molecular weight is 472 g/mol. The normalized spacial score (nSPS) is 23.8. The molecule has 1 aromatic carbocycles. The third kappa shape index (κ3) is 6.78. The number of carbonyl (C=O) groups is 2. The van der Waals surface area contributed by atoms with Crippen LogP contribution in [0.4, 0.5) is 0 Å². The molecule has 8 nitrogen and oxygen atoms in total. The lowest BCUT2D eigenvalue weighted by molar-refractivity contribution is -0.144. The molecular formula is C26H41N5O3. The molecule has 3 aliphatic rings. The number of ether oxygens (including phenoxy) is 1. The number of hydrogen-bond donors (Lipinski definition) is 2. The van der Waals surface area contributed by atoms with Crippen molar-refractivity contribution in [3.05, 3.63) is 35.4 Å². The van der Waals surface area contributed by atoms with Gasteiger partial charge in [-0.05, 0) is 38.2 Å². The molecule has 0 spiro atoms. The summed E-state index contributed by atoms with van der Waals surface area (Å²) >= 11 is 0.